The molecule has 0 atom stereocenters. The largest absolute Gasteiger partial charge is 0.452 e. The van der Waals surface area contributed by atoms with Gasteiger partial charge in [0.15, 0.2) is 17.3 Å². The smallest absolute Gasteiger partial charge is 0.265 e. The number of aromatic nitrogens is 2. The zero-order valence-electron chi connectivity index (χ0n) is 19.8. The fourth-order valence-electron chi connectivity index (χ4n) is 4.10. The molecule has 7 nitrogen and oxygen atoms in total. The number of aryl methyl sites for hydroxylation is 1. The van der Waals surface area contributed by atoms with E-state index in [4.69, 9.17) is 16.2 Å². The molecule has 0 unspecified atom stereocenters. The summed E-state index contributed by atoms with van der Waals surface area (Å²) < 4.78 is 35.5. The van der Waals surface area contributed by atoms with Crippen molar-refractivity contribution in [3.63, 3.8) is 0 Å². The van der Waals surface area contributed by atoms with Crippen LogP contribution < -0.4 is 27.1 Å². The van der Waals surface area contributed by atoms with Gasteiger partial charge in [0, 0.05) is 35.9 Å². The Labute approximate surface area is 210 Å². The molecule has 0 aliphatic carbocycles. The van der Waals surface area contributed by atoms with Crippen molar-refractivity contribution < 1.29 is 13.5 Å². The Balaban J connectivity index is 1.55. The highest BCUT2D eigenvalue weighted by Gasteiger charge is 2.15. The van der Waals surface area contributed by atoms with Gasteiger partial charge < -0.3 is 21.5 Å². The molecule has 3 aromatic carbocycles. The van der Waals surface area contributed by atoms with Gasteiger partial charge in [0.2, 0.25) is 0 Å². The average molecular weight is 500 g/mol. The number of hydrogen-bond acceptors (Lipinski definition) is 6. The number of nitrogens with one attached hydrogen (secondary N) is 1. The van der Waals surface area contributed by atoms with Crippen LogP contribution in [-0.2, 0) is 6.42 Å². The molecule has 2 aromatic heterocycles. The van der Waals surface area contributed by atoms with E-state index in [9.17, 15) is 9.18 Å². The fraction of sp³-hybridized carbons (Fsp3) is 0.0714. The highest BCUT2D eigenvalue weighted by atomic mass is 19.1. The molecule has 0 fully saturated rings. The lowest BCUT2D eigenvalue weighted by atomic mass is 10.0. The van der Waals surface area contributed by atoms with Crippen LogP contribution in [0.15, 0.2) is 83.9 Å². The van der Waals surface area contributed by atoms with Crippen LogP contribution >= 0.6 is 0 Å². The fourth-order valence-corrected chi connectivity index (χ4v) is 4.10. The van der Waals surface area contributed by atoms with Crippen molar-refractivity contribution in [2.75, 3.05) is 16.8 Å². The molecule has 5 rings (SSSR count). The third kappa shape index (κ3) is 4.54. The first kappa shape index (κ1) is 23.8. The van der Waals surface area contributed by atoms with E-state index in [2.05, 4.69) is 10.3 Å². The Bertz CT molecular complexity index is 1680. The molecule has 0 aliphatic heterocycles. The second-order valence-electron chi connectivity index (χ2n) is 8.37. The predicted octanol–water partition coefficient (Wildman–Crippen LogP) is 5.93. The zero-order valence-corrected chi connectivity index (χ0v) is 19.8. The lowest BCUT2D eigenvalue weighted by molar-refractivity contribution is 0.444. The predicted molar refractivity (Wildman–Crippen MR) is 142 cm³/mol. The Hall–Kier alpha value is -4.92. The van der Waals surface area contributed by atoms with E-state index >= 15 is 4.39 Å². The van der Waals surface area contributed by atoms with Crippen LogP contribution in [-0.4, -0.2) is 9.55 Å². The maximum absolute atomic E-state index is 15.0. The van der Waals surface area contributed by atoms with E-state index in [1.54, 1.807) is 12.3 Å². The van der Waals surface area contributed by atoms with Gasteiger partial charge in [0.05, 0.1) is 11.1 Å². The molecule has 186 valence electrons. The summed E-state index contributed by atoms with van der Waals surface area (Å²) in [5, 5.41) is 4.38. The van der Waals surface area contributed by atoms with Crippen LogP contribution in [0.3, 0.4) is 0 Å². The standard InChI is InChI=1S/C28H23F2N5O2/c1-2-16-3-4-17-12-14-35(20-8-5-18(29)6-9-20)28(36)24(17)26(16)34-19-7-10-22(21(30)15-19)37-23-11-13-33-27(32)25(23)31/h3-15,34H,2,31H2,1H3,(H2,32,33). The van der Waals surface area contributed by atoms with Crippen LogP contribution in [0.1, 0.15) is 12.5 Å². The second kappa shape index (κ2) is 9.62. The maximum Gasteiger partial charge on any atom is 0.265 e. The molecular formula is C28H23F2N5O2. The van der Waals surface area contributed by atoms with Gasteiger partial charge >= 0.3 is 0 Å². The minimum Gasteiger partial charge on any atom is -0.452 e. The first-order chi connectivity index (χ1) is 17.9. The first-order valence-electron chi connectivity index (χ1n) is 11.5. The summed E-state index contributed by atoms with van der Waals surface area (Å²) >= 11 is 0. The van der Waals surface area contributed by atoms with Crippen molar-refractivity contribution in [1.82, 2.24) is 9.55 Å². The van der Waals surface area contributed by atoms with Crippen LogP contribution in [0.25, 0.3) is 16.5 Å². The Kier molecular flexibility index (Phi) is 6.19. The lowest BCUT2D eigenvalue weighted by Gasteiger charge is -2.16. The second-order valence-corrected chi connectivity index (χ2v) is 8.37. The summed E-state index contributed by atoms with van der Waals surface area (Å²) in [6.07, 6.45) is 3.70. The molecule has 0 amide bonds. The van der Waals surface area contributed by atoms with Gasteiger partial charge in [-0.1, -0.05) is 19.1 Å². The molecule has 5 aromatic rings. The number of rotatable bonds is 6. The molecular weight excluding hydrogens is 476 g/mol. The Morgan fingerprint density at radius 3 is 2.49 bits per heavy atom. The van der Waals surface area contributed by atoms with Crippen molar-refractivity contribution in [3.8, 4) is 17.2 Å². The minimum absolute atomic E-state index is 0.0462. The number of nitrogens with two attached hydrogens (primary N) is 2. The average Bonchev–Trinajstić information content (AvgIpc) is 2.89. The van der Waals surface area contributed by atoms with Gasteiger partial charge in [-0.2, -0.15) is 0 Å². The van der Waals surface area contributed by atoms with E-state index in [-0.39, 0.29) is 28.6 Å². The maximum atomic E-state index is 15.0. The Morgan fingerprint density at radius 2 is 1.76 bits per heavy atom. The van der Waals surface area contributed by atoms with Crippen molar-refractivity contribution in [2.45, 2.75) is 13.3 Å². The number of pyridine rings is 2. The van der Waals surface area contributed by atoms with Crippen LogP contribution in [0, 0.1) is 11.6 Å². The molecule has 37 heavy (non-hydrogen) atoms. The van der Waals surface area contributed by atoms with Crippen LogP contribution in [0.4, 0.5) is 31.7 Å². The normalized spacial score (nSPS) is 11.0. The summed E-state index contributed by atoms with van der Waals surface area (Å²) in [5.41, 5.74) is 13.8. The quantitative estimate of drug-likeness (QED) is 0.267. The summed E-state index contributed by atoms with van der Waals surface area (Å²) in [7, 11) is 0. The van der Waals surface area contributed by atoms with Gasteiger partial charge in [-0.15, -0.1) is 0 Å². The number of ether oxygens (including phenoxy) is 1. The molecule has 0 saturated heterocycles. The topological polar surface area (TPSA) is 108 Å². The first-order valence-corrected chi connectivity index (χ1v) is 11.5. The van der Waals surface area contributed by atoms with Crippen molar-refractivity contribution in [3.05, 3.63) is 107 Å². The summed E-state index contributed by atoms with van der Waals surface area (Å²) in [4.78, 5) is 17.5. The van der Waals surface area contributed by atoms with E-state index in [0.29, 0.717) is 34.3 Å². The molecule has 0 saturated carbocycles. The molecule has 5 N–H and O–H groups in total. The van der Waals surface area contributed by atoms with E-state index in [1.807, 2.05) is 25.1 Å². The third-order valence-corrected chi connectivity index (χ3v) is 6.05. The Morgan fingerprint density at radius 1 is 0.973 bits per heavy atom. The van der Waals surface area contributed by atoms with Crippen molar-refractivity contribution in [1.29, 1.82) is 0 Å². The van der Waals surface area contributed by atoms with Crippen molar-refractivity contribution in [2.24, 2.45) is 0 Å². The SMILES string of the molecule is CCc1ccc2ccn(-c3ccc(F)cc3)c(=O)c2c1Nc1ccc(Oc2ccnc(N)c2N)c(F)c1. The molecule has 0 aliphatic rings. The van der Waals surface area contributed by atoms with Gasteiger partial charge in [0.25, 0.3) is 5.56 Å². The molecule has 2 heterocycles. The van der Waals surface area contributed by atoms with Crippen LogP contribution in [0.2, 0.25) is 0 Å². The van der Waals surface area contributed by atoms with Gasteiger partial charge in [-0.3, -0.25) is 9.36 Å². The van der Waals surface area contributed by atoms with E-state index in [0.717, 1.165) is 5.56 Å². The van der Waals surface area contributed by atoms with E-state index in [1.165, 1.54) is 53.2 Å². The molecule has 0 bridgehead atoms. The number of fused-ring (bicyclic) bond motifs is 1. The number of benzene rings is 3. The van der Waals surface area contributed by atoms with Crippen molar-refractivity contribution >= 4 is 33.7 Å². The van der Waals surface area contributed by atoms with Gasteiger partial charge in [0.1, 0.15) is 17.3 Å². The number of hydrogen-bond donors (Lipinski definition) is 3. The third-order valence-electron chi connectivity index (χ3n) is 6.05. The lowest BCUT2D eigenvalue weighted by Crippen LogP contribution is -2.19. The molecule has 0 spiro atoms. The zero-order chi connectivity index (χ0) is 26.1. The monoisotopic (exact) mass is 499 g/mol. The minimum atomic E-state index is -0.637. The van der Waals surface area contributed by atoms with Crippen LogP contribution in [0.5, 0.6) is 11.5 Å². The highest BCUT2D eigenvalue weighted by molar-refractivity contribution is 5.96. The number of anilines is 4. The van der Waals surface area contributed by atoms with E-state index < -0.39 is 11.6 Å². The summed E-state index contributed by atoms with van der Waals surface area (Å²) in [6, 6.07) is 17.2. The highest BCUT2D eigenvalue weighted by Crippen LogP contribution is 2.34. The number of nitrogen functional groups attached to an aromatic ring is 2. The molecule has 9 heteroatoms. The number of halogens is 2. The number of nitrogens with zero attached hydrogens (tertiary/aromatic N) is 2. The summed E-state index contributed by atoms with van der Waals surface area (Å²) in [5.74, 6) is -0.795. The molecule has 0 radical (unpaired) electrons. The summed E-state index contributed by atoms with van der Waals surface area (Å²) in [6.45, 7) is 1.97. The van der Waals surface area contributed by atoms with Gasteiger partial charge in [-0.05, 0) is 59.8 Å². The van der Waals surface area contributed by atoms with Gasteiger partial charge in [-0.25, -0.2) is 13.8 Å².